The minimum atomic E-state index is 0.246. The van der Waals surface area contributed by atoms with E-state index in [0.717, 1.165) is 6.04 Å². The zero-order valence-electron chi connectivity index (χ0n) is 11.1. The maximum absolute atomic E-state index is 6.15. The molecule has 0 saturated heterocycles. The molecule has 2 N–H and O–H groups in total. The summed E-state index contributed by atoms with van der Waals surface area (Å²) in [5, 5.41) is 0. The SMILES string of the molecule is CC(N)C(N(C)C1CCCC1)C(C)(C)C. The van der Waals surface area contributed by atoms with E-state index in [9.17, 15) is 0 Å². The fourth-order valence-corrected chi connectivity index (χ4v) is 3.31. The number of hydrogen-bond donors (Lipinski definition) is 1. The predicted octanol–water partition coefficient (Wildman–Crippen LogP) is 2.62. The Hall–Kier alpha value is -0.0800. The molecule has 0 aromatic carbocycles. The molecule has 1 aliphatic rings. The van der Waals surface area contributed by atoms with Gasteiger partial charge in [-0.25, -0.2) is 0 Å². The largest absolute Gasteiger partial charge is 0.327 e. The van der Waals surface area contributed by atoms with Gasteiger partial charge in [-0.15, -0.1) is 0 Å². The molecule has 0 aromatic rings. The van der Waals surface area contributed by atoms with Crippen LogP contribution in [0.1, 0.15) is 53.4 Å². The van der Waals surface area contributed by atoms with E-state index >= 15 is 0 Å². The lowest BCUT2D eigenvalue weighted by atomic mass is 9.81. The monoisotopic (exact) mass is 212 g/mol. The van der Waals surface area contributed by atoms with Crippen LogP contribution >= 0.6 is 0 Å². The van der Waals surface area contributed by atoms with Crippen LogP contribution < -0.4 is 5.73 Å². The van der Waals surface area contributed by atoms with Crippen LogP contribution in [-0.4, -0.2) is 30.1 Å². The Morgan fingerprint density at radius 3 is 2.00 bits per heavy atom. The smallest absolute Gasteiger partial charge is 0.0292 e. The van der Waals surface area contributed by atoms with Crippen molar-refractivity contribution in [2.75, 3.05) is 7.05 Å². The van der Waals surface area contributed by atoms with Crippen molar-refractivity contribution in [1.29, 1.82) is 0 Å². The molecule has 0 radical (unpaired) electrons. The van der Waals surface area contributed by atoms with Crippen molar-refractivity contribution in [2.24, 2.45) is 11.1 Å². The molecule has 15 heavy (non-hydrogen) atoms. The lowest BCUT2D eigenvalue weighted by Gasteiger charge is -2.43. The van der Waals surface area contributed by atoms with Crippen LogP contribution in [0.3, 0.4) is 0 Å². The summed E-state index contributed by atoms with van der Waals surface area (Å²) in [6.07, 6.45) is 5.50. The molecule has 0 aromatic heterocycles. The van der Waals surface area contributed by atoms with Crippen molar-refractivity contribution in [3.8, 4) is 0 Å². The Bertz CT molecular complexity index is 187. The van der Waals surface area contributed by atoms with E-state index in [1.54, 1.807) is 0 Å². The summed E-state index contributed by atoms with van der Waals surface area (Å²) in [6.45, 7) is 9.03. The number of rotatable bonds is 3. The molecule has 2 heteroatoms. The fraction of sp³-hybridized carbons (Fsp3) is 1.00. The van der Waals surface area contributed by atoms with Gasteiger partial charge in [0.05, 0.1) is 0 Å². The van der Waals surface area contributed by atoms with E-state index < -0.39 is 0 Å². The molecule has 1 fully saturated rings. The molecule has 1 rings (SSSR count). The van der Waals surface area contributed by atoms with Crippen LogP contribution in [0.5, 0.6) is 0 Å². The topological polar surface area (TPSA) is 29.3 Å². The van der Waals surface area contributed by atoms with Gasteiger partial charge in [0, 0.05) is 18.1 Å². The van der Waals surface area contributed by atoms with Gasteiger partial charge in [-0.2, -0.15) is 0 Å². The number of nitrogens with two attached hydrogens (primary N) is 1. The second-order valence-corrected chi connectivity index (χ2v) is 6.27. The van der Waals surface area contributed by atoms with E-state index in [-0.39, 0.29) is 11.5 Å². The summed E-state index contributed by atoms with van der Waals surface area (Å²) >= 11 is 0. The molecule has 0 spiro atoms. The summed E-state index contributed by atoms with van der Waals surface area (Å²) < 4.78 is 0. The van der Waals surface area contributed by atoms with Gasteiger partial charge in [0.15, 0.2) is 0 Å². The van der Waals surface area contributed by atoms with Gasteiger partial charge in [-0.05, 0) is 32.2 Å². The standard InChI is InChI=1S/C13H28N2/c1-10(14)12(13(2,3)4)15(5)11-8-6-7-9-11/h10-12H,6-9,14H2,1-5H3. The lowest BCUT2D eigenvalue weighted by Crippen LogP contribution is -2.54. The highest BCUT2D eigenvalue weighted by Crippen LogP contribution is 2.31. The molecular formula is C13H28N2. The van der Waals surface area contributed by atoms with Crippen LogP contribution in [0, 0.1) is 5.41 Å². The Balaban J connectivity index is 2.70. The lowest BCUT2D eigenvalue weighted by molar-refractivity contribution is 0.0704. The van der Waals surface area contributed by atoms with Gasteiger partial charge in [0.2, 0.25) is 0 Å². The zero-order valence-corrected chi connectivity index (χ0v) is 11.1. The third-order valence-electron chi connectivity index (χ3n) is 3.72. The van der Waals surface area contributed by atoms with Crippen LogP contribution in [0.25, 0.3) is 0 Å². The van der Waals surface area contributed by atoms with Crippen molar-refractivity contribution in [1.82, 2.24) is 4.90 Å². The van der Waals surface area contributed by atoms with Crippen molar-refractivity contribution in [2.45, 2.75) is 71.5 Å². The first-order valence-electron chi connectivity index (χ1n) is 6.31. The van der Waals surface area contributed by atoms with Gasteiger partial charge in [-0.3, -0.25) is 4.90 Å². The van der Waals surface area contributed by atoms with Crippen molar-refractivity contribution >= 4 is 0 Å². The maximum atomic E-state index is 6.15. The average Bonchev–Trinajstić information content (AvgIpc) is 2.51. The summed E-state index contributed by atoms with van der Waals surface area (Å²) in [5.41, 5.74) is 6.42. The normalized spacial score (nSPS) is 23.4. The summed E-state index contributed by atoms with van der Waals surface area (Å²) in [6, 6.07) is 1.50. The Kier molecular flexibility index (Phi) is 4.19. The van der Waals surface area contributed by atoms with Crippen molar-refractivity contribution in [3.05, 3.63) is 0 Å². The van der Waals surface area contributed by atoms with Crippen molar-refractivity contribution in [3.63, 3.8) is 0 Å². The zero-order chi connectivity index (χ0) is 11.6. The molecule has 90 valence electrons. The minimum absolute atomic E-state index is 0.246. The summed E-state index contributed by atoms with van der Waals surface area (Å²) in [7, 11) is 2.26. The van der Waals surface area contributed by atoms with Crippen LogP contribution in [0.4, 0.5) is 0 Å². The maximum Gasteiger partial charge on any atom is 0.0292 e. The summed E-state index contributed by atoms with van der Waals surface area (Å²) in [5.74, 6) is 0. The van der Waals surface area contributed by atoms with Gasteiger partial charge >= 0.3 is 0 Å². The molecule has 1 aliphatic carbocycles. The van der Waals surface area contributed by atoms with Crippen LogP contribution in [0.2, 0.25) is 0 Å². The highest BCUT2D eigenvalue weighted by molar-refractivity contribution is 4.91. The van der Waals surface area contributed by atoms with E-state index in [1.807, 2.05) is 0 Å². The fourth-order valence-electron chi connectivity index (χ4n) is 3.31. The molecule has 0 amide bonds. The second-order valence-electron chi connectivity index (χ2n) is 6.27. The van der Waals surface area contributed by atoms with E-state index in [0.29, 0.717) is 6.04 Å². The third-order valence-corrected chi connectivity index (χ3v) is 3.72. The molecule has 2 nitrogen and oxygen atoms in total. The molecular weight excluding hydrogens is 184 g/mol. The minimum Gasteiger partial charge on any atom is -0.327 e. The first-order chi connectivity index (χ1) is 6.84. The van der Waals surface area contributed by atoms with Gasteiger partial charge < -0.3 is 5.73 Å². The molecule has 1 saturated carbocycles. The van der Waals surface area contributed by atoms with E-state index in [4.69, 9.17) is 5.73 Å². The molecule has 0 heterocycles. The van der Waals surface area contributed by atoms with Crippen LogP contribution in [-0.2, 0) is 0 Å². The predicted molar refractivity (Wildman–Crippen MR) is 66.9 cm³/mol. The Morgan fingerprint density at radius 2 is 1.67 bits per heavy atom. The molecule has 2 atom stereocenters. The Labute approximate surface area is 95.2 Å². The molecule has 0 bridgehead atoms. The molecule has 2 unspecified atom stereocenters. The average molecular weight is 212 g/mol. The number of likely N-dealkylation sites (N-methyl/N-ethyl adjacent to an activating group) is 1. The quantitative estimate of drug-likeness (QED) is 0.779. The van der Waals surface area contributed by atoms with Crippen molar-refractivity contribution < 1.29 is 0 Å². The van der Waals surface area contributed by atoms with E-state index in [1.165, 1.54) is 25.7 Å². The van der Waals surface area contributed by atoms with E-state index in [2.05, 4.69) is 39.6 Å². The molecule has 0 aliphatic heterocycles. The highest BCUT2D eigenvalue weighted by Gasteiger charge is 2.35. The third kappa shape index (κ3) is 3.18. The van der Waals surface area contributed by atoms with Gasteiger partial charge in [0.25, 0.3) is 0 Å². The Morgan fingerprint density at radius 1 is 1.20 bits per heavy atom. The number of hydrogen-bond acceptors (Lipinski definition) is 2. The first kappa shape index (κ1) is 13.0. The van der Waals surface area contributed by atoms with Gasteiger partial charge in [0.1, 0.15) is 0 Å². The number of nitrogens with zero attached hydrogens (tertiary/aromatic N) is 1. The summed E-state index contributed by atoms with van der Waals surface area (Å²) in [4.78, 5) is 2.54. The highest BCUT2D eigenvalue weighted by atomic mass is 15.2. The first-order valence-corrected chi connectivity index (χ1v) is 6.31. The second kappa shape index (κ2) is 4.84. The van der Waals surface area contributed by atoms with Gasteiger partial charge in [-0.1, -0.05) is 33.6 Å². The van der Waals surface area contributed by atoms with Crippen LogP contribution in [0.15, 0.2) is 0 Å².